The van der Waals surface area contributed by atoms with Gasteiger partial charge in [-0.25, -0.2) is 0 Å². The monoisotopic (exact) mass is 389 g/mol. The minimum Gasteiger partial charge on any atom is -0.406 e. The van der Waals surface area contributed by atoms with Gasteiger partial charge < -0.3 is 4.74 Å². The van der Waals surface area contributed by atoms with Crippen molar-refractivity contribution in [2.24, 2.45) is 0 Å². The predicted molar refractivity (Wildman–Crippen MR) is 99.8 cm³/mol. The Labute approximate surface area is 159 Å². The van der Waals surface area contributed by atoms with E-state index in [9.17, 15) is 13.2 Å². The van der Waals surface area contributed by atoms with Crippen LogP contribution in [0.3, 0.4) is 0 Å². The van der Waals surface area contributed by atoms with E-state index in [4.69, 9.17) is 0 Å². The van der Waals surface area contributed by atoms with Gasteiger partial charge >= 0.3 is 6.36 Å². The summed E-state index contributed by atoms with van der Waals surface area (Å²) in [6, 6.07) is 18.6. The second-order valence-corrected chi connectivity index (χ2v) is 7.53. The Bertz CT molecular complexity index is 890. The topological polar surface area (TPSA) is 12.5 Å². The summed E-state index contributed by atoms with van der Waals surface area (Å²) in [6.07, 6.45) is -3.68. The molecule has 0 saturated heterocycles. The normalized spacial score (nSPS) is 17.5. The number of alkyl halides is 3. The van der Waals surface area contributed by atoms with Crippen molar-refractivity contribution < 1.29 is 17.9 Å². The molecule has 1 aliphatic rings. The lowest BCUT2D eigenvalue weighted by Crippen LogP contribution is -2.34. The van der Waals surface area contributed by atoms with Crippen molar-refractivity contribution in [1.29, 1.82) is 0 Å². The molecule has 2 heterocycles. The molecule has 6 heteroatoms. The van der Waals surface area contributed by atoms with Crippen LogP contribution in [0.15, 0.2) is 66.0 Å². The molecule has 1 atom stereocenters. The first-order chi connectivity index (χ1) is 13.0. The van der Waals surface area contributed by atoms with E-state index in [1.54, 1.807) is 23.5 Å². The van der Waals surface area contributed by atoms with Gasteiger partial charge in [0, 0.05) is 18.0 Å². The average molecular weight is 389 g/mol. The molecule has 0 bridgehead atoms. The molecule has 2 aromatic carbocycles. The zero-order valence-electron chi connectivity index (χ0n) is 14.4. The third kappa shape index (κ3) is 4.17. The van der Waals surface area contributed by atoms with Gasteiger partial charge in [0.25, 0.3) is 0 Å². The lowest BCUT2D eigenvalue weighted by molar-refractivity contribution is -0.274. The van der Waals surface area contributed by atoms with E-state index in [1.165, 1.54) is 28.1 Å². The minimum atomic E-state index is -4.67. The van der Waals surface area contributed by atoms with E-state index in [1.807, 2.05) is 18.2 Å². The highest BCUT2D eigenvalue weighted by molar-refractivity contribution is 7.10. The van der Waals surface area contributed by atoms with Crippen LogP contribution in [0.2, 0.25) is 0 Å². The third-order valence-electron chi connectivity index (χ3n) is 4.72. The fourth-order valence-corrected chi connectivity index (χ4v) is 4.50. The van der Waals surface area contributed by atoms with E-state index >= 15 is 0 Å². The number of fused-ring (bicyclic) bond motifs is 1. The minimum absolute atomic E-state index is 0.0279. The van der Waals surface area contributed by atoms with Crippen molar-refractivity contribution in [3.63, 3.8) is 0 Å². The Morgan fingerprint density at radius 3 is 2.44 bits per heavy atom. The van der Waals surface area contributed by atoms with E-state index in [0.717, 1.165) is 25.1 Å². The van der Waals surface area contributed by atoms with Crippen LogP contribution in [0.25, 0.3) is 0 Å². The number of hydrogen-bond donors (Lipinski definition) is 0. The molecule has 0 unspecified atom stereocenters. The molecule has 2 nitrogen and oxygen atoms in total. The number of thiophene rings is 1. The predicted octanol–water partition coefficient (Wildman–Crippen LogP) is 5.79. The second-order valence-electron chi connectivity index (χ2n) is 6.52. The molecule has 0 saturated carbocycles. The molecule has 27 heavy (non-hydrogen) atoms. The van der Waals surface area contributed by atoms with Crippen molar-refractivity contribution in [3.05, 3.63) is 87.6 Å². The number of rotatable bonds is 4. The summed E-state index contributed by atoms with van der Waals surface area (Å²) in [5.41, 5.74) is 3.43. The van der Waals surface area contributed by atoms with Crippen molar-refractivity contribution in [3.8, 4) is 5.75 Å². The first-order valence-electron chi connectivity index (χ1n) is 8.69. The first kappa shape index (κ1) is 18.1. The lowest BCUT2D eigenvalue weighted by atomic mass is 9.92. The molecule has 0 aliphatic carbocycles. The van der Waals surface area contributed by atoms with Crippen LogP contribution in [-0.2, 0) is 13.0 Å². The fraction of sp³-hybridized carbons (Fsp3) is 0.238. The van der Waals surface area contributed by atoms with Gasteiger partial charge in [-0.1, -0.05) is 42.5 Å². The highest BCUT2D eigenvalue weighted by Crippen LogP contribution is 2.39. The van der Waals surface area contributed by atoms with Gasteiger partial charge in [-0.2, -0.15) is 0 Å². The van der Waals surface area contributed by atoms with Crippen LogP contribution >= 0.6 is 11.3 Å². The lowest BCUT2D eigenvalue weighted by Gasteiger charge is -2.36. The number of halogens is 3. The van der Waals surface area contributed by atoms with Crippen molar-refractivity contribution in [1.82, 2.24) is 4.90 Å². The molecule has 1 aliphatic heterocycles. The van der Waals surface area contributed by atoms with Gasteiger partial charge in [0.2, 0.25) is 0 Å². The highest BCUT2D eigenvalue weighted by atomic mass is 32.1. The molecule has 0 fully saturated rings. The van der Waals surface area contributed by atoms with E-state index < -0.39 is 6.36 Å². The fourth-order valence-electron chi connectivity index (χ4n) is 3.60. The molecule has 1 aromatic heterocycles. The molecule has 0 amide bonds. The number of ether oxygens (including phenoxy) is 1. The first-order valence-corrected chi connectivity index (χ1v) is 9.57. The molecule has 0 spiro atoms. The van der Waals surface area contributed by atoms with Crippen LogP contribution in [0, 0.1) is 0 Å². The summed E-state index contributed by atoms with van der Waals surface area (Å²) in [7, 11) is 0. The zero-order chi connectivity index (χ0) is 18.9. The van der Waals surface area contributed by atoms with Gasteiger partial charge in [-0.15, -0.1) is 24.5 Å². The Morgan fingerprint density at radius 2 is 1.74 bits per heavy atom. The highest BCUT2D eigenvalue weighted by Gasteiger charge is 2.32. The molecule has 0 radical (unpaired) electrons. The maximum atomic E-state index is 12.4. The third-order valence-corrected chi connectivity index (χ3v) is 5.72. The molecular weight excluding hydrogens is 371 g/mol. The SMILES string of the molecule is FC(F)(F)Oc1ccc([C@H]2c3ccsc3CCN2Cc2ccccc2)cc1. The molecule has 3 aromatic rings. The maximum Gasteiger partial charge on any atom is 0.573 e. The Morgan fingerprint density at radius 1 is 1.00 bits per heavy atom. The number of hydrogen-bond acceptors (Lipinski definition) is 3. The van der Waals surface area contributed by atoms with E-state index in [0.29, 0.717) is 0 Å². The smallest absolute Gasteiger partial charge is 0.406 e. The maximum absolute atomic E-state index is 12.4. The van der Waals surface area contributed by atoms with E-state index in [2.05, 4.69) is 33.2 Å². The van der Waals surface area contributed by atoms with Crippen LogP contribution in [0.4, 0.5) is 13.2 Å². The molecular formula is C21H18F3NOS. The summed E-state index contributed by atoms with van der Waals surface area (Å²) < 4.78 is 41.3. The van der Waals surface area contributed by atoms with Gasteiger partial charge in [0.05, 0.1) is 6.04 Å². The number of benzene rings is 2. The quantitative estimate of drug-likeness (QED) is 0.560. The summed E-state index contributed by atoms with van der Waals surface area (Å²) in [5.74, 6) is -0.192. The summed E-state index contributed by atoms with van der Waals surface area (Å²) in [6.45, 7) is 1.70. The van der Waals surface area contributed by atoms with Gasteiger partial charge in [-0.05, 0) is 46.7 Å². The summed E-state index contributed by atoms with van der Waals surface area (Å²) >= 11 is 1.74. The van der Waals surface area contributed by atoms with Gasteiger partial charge in [0.1, 0.15) is 5.75 Å². The summed E-state index contributed by atoms with van der Waals surface area (Å²) in [4.78, 5) is 3.73. The number of nitrogens with zero attached hydrogens (tertiary/aromatic N) is 1. The Hall–Kier alpha value is -2.31. The van der Waals surface area contributed by atoms with Crippen molar-refractivity contribution in [2.75, 3.05) is 6.54 Å². The van der Waals surface area contributed by atoms with E-state index in [-0.39, 0.29) is 11.8 Å². The average Bonchev–Trinajstić information content (AvgIpc) is 3.11. The molecule has 0 N–H and O–H groups in total. The van der Waals surface area contributed by atoms with Crippen LogP contribution in [0.1, 0.15) is 27.6 Å². The van der Waals surface area contributed by atoms with Gasteiger partial charge in [0.15, 0.2) is 0 Å². The largest absolute Gasteiger partial charge is 0.573 e. The van der Waals surface area contributed by atoms with Crippen LogP contribution in [-0.4, -0.2) is 17.8 Å². The Balaban J connectivity index is 1.64. The second kappa shape index (κ2) is 7.37. The van der Waals surface area contributed by atoms with Crippen LogP contribution < -0.4 is 4.74 Å². The zero-order valence-corrected chi connectivity index (χ0v) is 15.3. The summed E-state index contributed by atoms with van der Waals surface area (Å²) in [5, 5.41) is 2.09. The van der Waals surface area contributed by atoms with Crippen molar-refractivity contribution >= 4 is 11.3 Å². The molecule has 140 valence electrons. The standard InChI is InChI=1S/C21H18F3NOS/c22-21(23,24)26-17-8-6-16(7-9-17)20-18-11-13-27-19(18)10-12-25(20)14-15-4-2-1-3-5-15/h1-9,11,13,20H,10,12,14H2/t20-/m0/s1. The van der Waals surface area contributed by atoms with Crippen LogP contribution in [0.5, 0.6) is 5.75 Å². The molecule has 4 rings (SSSR count). The van der Waals surface area contributed by atoms with Gasteiger partial charge in [-0.3, -0.25) is 4.90 Å². The van der Waals surface area contributed by atoms with Crippen molar-refractivity contribution in [2.45, 2.75) is 25.4 Å². The Kier molecular flexibility index (Phi) is 4.93.